The number of hydrogen-bond donors (Lipinski definition) is 2. The van der Waals surface area contributed by atoms with E-state index in [-0.39, 0.29) is 24.6 Å². The van der Waals surface area contributed by atoms with Crippen LogP contribution in [0.2, 0.25) is 18.6 Å². The summed E-state index contributed by atoms with van der Waals surface area (Å²) in [4.78, 5) is 29.7. The van der Waals surface area contributed by atoms with Crippen LogP contribution in [0.1, 0.15) is 30.2 Å². The smallest absolute Gasteiger partial charge is 0.279 e. The number of aromatic nitrogens is 5. The Bertz CT molecular complexity index is 2050. The first-order valence-electron chi connectivity index (χ1n) is 16.2. The van der Waals surface area contributed by atoms with Crippen LogP contribution < -0.4 is 15.2 Å². The Morgan fingerprint density at radius 3 is 2.67 bits per heavy atom. The van der Waals surface area contributed by atoms with Gasteiger partial charge in [0.05, 0.1) is 47.7 Å². The number of H-pyrrole nitrogens is 1. The third-order valence-electron chi connectivity index (χ3n) is 9.87. The lowest BCUT2D eigenvalue weighted by atomic mass is 9.82. The van der Waals surface area contributed by atoms with E-state index in [2.05, 4.69) is 15.4 Å². The SMILES string of the molecule is COc1ccc2c(c1)[C@@]1(O[C@H](CCn3cc(CCO)nn3)[C@@H]([Si](C)(C)F)[C@@H]1C)C(=O)N2Cc1cccc(-n2[nH]c3ccccc3c2=O)c1. The van der Waals surface area contributed by atoms with E-state index in [0.29, 0.717) is 53.2 Å². The van der Waals surface area contributed by atoms with E-state index >= 15 is 4.11 Å². The number of amides is 1. The quantitative estimate of drug-likeness (QED) is 0.160. The molecule has 0 radical (unpaired) electrons. The minimum Gasteiger partial charge on any atom is -0.497 e. The fourth-order valence-corrected chi connectivity index (χ4v) is 10.3. The van der Waals surface area contributed by atoms with Crippen LogP contribution in [-0.4, -0.2) is 64.0 Å². The van der Waals surface area contributed by atoms with E-state index in [1.807, 2.05) is 67.6 Å². The van der Waals surface area contributed by atoms with Crippen LogP contribution in [0, 0.1) is 5.92 Å². The average molecular weight is 671 g/mol. The predicted molar refractivity (Wildman–Crippen MR) is 182 cm³/mol. The molecule has 2 aliphatic heterocycles. The van der Waals surface area contributed by atoms with Crippen molar-refractivity contribution in [3.05, 3.63) is 100 Å². The van der Waals surface area contributed by atoms with Crippen LogP contribution in [0.3, 0.4) is 0 Å². The van der Waals surface area contributed by atoms with Gasteiger partial charge in [0.25, 0.3) is 11.5 Å². The summed E-state index contributed by atoms with van der Waals surface area (Å²) in [6.45, 7) is 5.91. The number of nitrogens with zero attached hydrogens (tertiary/aromatic N) is 5. The number of anilines is 1. The lowest BCUT2D eigenvalue weighted by molar-refractivity contribution is -0.146. The third kappa shape index (κ3) is 5.26. The normalized spacial score (nSPS) is 22.2. The van der Waals surface area contributed by atoms with Crippen molar-refractivity contribution in [3.8, 4) is 11.4 Å². The Balaban J connectivity index is 1.24. The summed E-state index contributed by atoms with van der Waals surface area (Å²) in [5.74, 6) is -0.132. The minimum atomic E-state index is -3.36. The molecule has 1 saturated heterocycles. The number of hydrogen-bond acceptors (Lipinski definition) is 7. The van der Waals surface area contributed by atoms with Gasteiger partial charge < -0.3 is 23.6 Å². The number of aryl methyl sites for hydroxylation is 1. The van der Waals surface area contributed by atoms with Crippen LogP contribution >= 0.6 is 0 Å². The zero-order valence-electron chi connectivity index (χ0n) is 27.4. The maximum Gasteiger partial charge on any atom is 0.279 e. The molecule has 48 heavy (non-hydrogen) atoms. The molecule has 0 aliphatic carbocycles. The van der Waals surface area contributed by atoms with Crippen molar-refractivity contribution in [2.45, 2.75) is 63.2 Å². The van der Waals surface area contributed by atoms with Crippen LogP contribution in [0.25, 0.3) is 16.6 Å². The van der Waals surface area contributed by atoms with Crippen LogP contribution in [0.5, 0.6) is 5.75 Å². The lowest BCUT2D eigenvalue weighted by Gasteiger charge is -2.31. The minimum absolute atomic E-state index is 0.0263. The second-order valence-corrected chi connectivity index (χ2v) is 17.0. The van der Waals surface area contributed by atoms with Crippen molar-refractivity contribution >= 4 is 30.9 Å². The van der Waals surface area contributed by atoms with Gasteiger partial charge in [0.2, 0.25) is 8.41 Å². The third-order valence-corrected chi connectivity index (χ3v) is 12.3. The highest BCUT2D eigenvalue weighted by Gasteiger charge is 2.66. The molecule has 2 aliphatic rings. The summed E-state index contributed by atoms with van der Waals surface area (Å²) in [5.41, 5.74) is 2.18. The Morgan fingerprint density at radius 2 is 1.92 bits per heavy atom. The fourth-order valence-electron chi connectivity index (χ4n) is 7.73. The zero-order chi connectivity index (χ0) is 33.8. The van der Waals surface area contributed by atoms with Gasteiger partial charge in [-0.15, -0.1) is 5.10 Å². The van der Waals surface area contributed by atoms with Crippen molar-refractivity contribution in [2.75, 3.05) is 18.6 Å². The number of aliphatic hydroxyl groups is 1. The van der Waals surface area contributed by atoms with E-state index in [9.17, 15) is 14.7 Å². The number of fused-ring (bicyclic) bond motifs is 3. The number of rotatable bonds is 10. The highest BCUT2D eigenvalue weighted by atomic mass is 28.4. The van der Waals surface area contributed by atoms with Crippen molar-refractivity contribution < 1.29 is 23.5 Å². The molecule has 7 rings (SSSR count). The van der Waals surface area contributed by atoms with Gasteiger partial charge >= 0.3 is 0 Å². The molecular formula is C35H39FN6O5Si. The van der Waals surface area contributed by atoms with Crippen LogP contribution in [0.15, 0.2) is 77.7 Å². The van der Waals surface area contributed by atoms with E-state index in [1.54, 1.807) is 42.0 Å². The molecule has 13 heteroatoms. The molecule has 1 amide bonds. The number of nitrogens with one attached hydrogen (secondary N) is 1. The second kappa shape index (κ2) is 12.1. The molecule has 0 unspecified atom stereocenters. The van der Waals surface area contributed by atoms with E-state index in [4.69, 9.17) is 9.47 Å². The number of carbonyl (C=O) groups is 1. The molecule has 1 fully saturated rings. The van der Waals surface area contributed by atoms with Gasteiger partial charge in [-0.1, -0.05) is 36.4 Å². The molecule has 5 aromatic rings. The highest BCUT2D eigenvalue weighted by Crippen LogP contribution is 2.60. The topological polar surface area (TPSA) is 127 Å². The van der Waals surface area contributed by atoms with Gasteiger partial charge in [0.1, 0.15) is 5.75 Å². The van der Waals surface area contributed by atoms with Crippen molar-refractivity contribution in [3.63, 3.8) is 0 Å². The first-order chi connectivity index (χ1) is 23.0. The number of carbonyl (C=O) groups excluding carboxylic acids is 1. The molecule has 2 N–H and O–H groups in total. The number of ether oxygens (including phenoxy) is 2. The molecular weight excluding hydrogens is 632 g/mol. The summed E-state index contributed by atoms with van der Waals surface area (Å²) >= 11 is 0. The molecule has 4 atom stereocenters. The largest absolute Gasteiger partial charge is 0.497 e. The second-order valence-electron chi connectivity index (χ2n) is 13.2. The maximum absolute atomic E-state index is 16.3. The molecule has 0 saturated carbocycles. The molecule has 1 spiro atoms. The summed E-state index contributed by atoms with van der Waals surface area (Å²) in [6, 6.07) is 20.4. The maximum atomic E-state index is 16.3. The lowest BCUT2D eigenvalue weighted by Crippen LogP contribution is -2.45. The molecule has 0 bridgehead atoms. The summed E-state index contributed by atoms with van der Waals surface area (Å²) in [7, 11) is -1.79. The first kappa shape index (κ1) is 32.0. The van der Waals surface area contributed by atoms with Gasteiger partial charge in [0, 0.05) is 42.8 Å². The number of benzene rings is 3. The Morgan fingerprint density at radius 1 is 1.10 bits per heavy atom. The monoisotopic (exact) mass is 670 g/mol. The van der Waals surface area contributed by atoms with E-state index in [0.717, 1.165) is 11.1 Å². The Kier molecular flexibility index (Phi) is 8.08. The van der Waals surface area contributed by atoms with Gasteiger partial charge in [-0.3, -0.25) is 19.4 Å². The standard InChI is InChI=1S/C35H39FN6O5Si/c1-22-32(48(3,4)36)31(14-16-40-21-24(15-17-43)37-39-40)47-35(22)28-19-26(46-2)12-13-30(28)41(34(35)45)20-23-8-7-9-25(18-23)42-33(44)27-10-5-6-11-29(27)38-42/h5-13,18-19,21-22,31-32,38,43H,14-17,20H2,1-4H3/t22-,31+,32-,35+/m0/s1. The molecule has 11 nitrogen and oxygen atoms in total. The Labute approximate surface area is 278 Å². The van der Waals surface area contributed by atoms with Gasteiger partial charge in [0.15, 0.2) is 5.60 Å². The number of para-hydroxylation sites is 1. The number of aliphatic hydroxyl groups excluding tert-OH is 1. The van der Waals surface area contributed by atoms with Crippen molar-refractivity contribution in [1.82, 2.24) is 24.8 Å². The number of halogens is 1. The molecule has 250 valence electrons. The first-order valence-corrected chi connectivity index (χ1v) is 19.2. The van der Waals surface area contributed by atoms with Gasteiger partial charge in [-0.25, -0.2) is 4.68 Å². The highest BCUT2D eigenvalue weighted by molar-refractivity contribution is 6.72. The molecule has 2 aromatic heterocycles. The molecule has 3 aromatic carbocycles. The fraction of sp³-hybridized carbons (Fsp3) is 0.371. The Hall–Kier alpha value is -4.59. The average Bonchev–Trinajstić information content (AvgIpc) is 3.80. The summed E-state index contributed by atoms with van der Waals surface area (Å²) in [5, 5.41) is 21.3. The van der Waals surface area contributed by atoms with Crippen LogP contribution in [0.4, 0.5) is 9.80 Å². The summed E-state index contributed by atoms with van der Waals surface area (Å²) < 4.78 is 31.9. The van der Waals surface area contributed by atoms with Gasteiger partial charge in [-0.2, -0.15) is 0 Å². The predicted octanol–water partition coefficient (Wildman–Crippen LogP) is 4.87. The van der Waals surface area contributed by atoms with Gasteiger partial charge in [-0.05, 0) is 67.5 Å². The van der Waals surface area contributed by atoms with Crippen LogP contribution in [-0.2, 0) is 34.6 Å². The zero-order valence-corrected chi connectivity index (χ0v) is 28.4. The summed E-state index contributed by atoms with van der Waals surface area (Å²) in [6.07, 6.45) is 2.07. The van der Waals surface area contributed by atoms with E-state index in [1.165, 1.54) is 4.68 Å². The number of aromatic amines is 1. The number of methoxy groups -OCH3 is 1. The van der Waals surface area contributed by atoms with Crippen molar-refractivity contribution in [1.29, 1.82) is 0 Å². The van der Waals surface area contributed by atoms with E-state index < -0.39 is 31.6 Å². The molecule has 4 heterocycles. The van der Waals surface area contributed by atoms with Crippen molar-refractivity contribution in [2.24, 2.45) is 5.92 Å².